The second-order valence-corrected chi connectivity index (χ2v) is 11.6. The van der Waals surface area contributed by atoms with Gasteiger partial charge in [-0.15, -0.1) is 10.2 Å². The summed E-state index contributed by atoms with van der Waals surface area (Å²) in [6.07, 6.45) is 3.41. The van der Waals surface area contributed by atoms with Gasteiger partial charge in [-0.05, 0) is 30.4 Å². The third-order valence-corrected chi connectivity index (χ3v) is 9.72. The van der Waals surface area contributed by atoms with E-state index in [2.05, 4.69) is 29.4 Å². The van der Waals surface area contributed by atoms with Crippen molar-refractivity contribution in [1.29, 1.82) is 0 Å². The van der Waals surface area contributed by atoms with Crippen molar-refractivity contribution in [2.75, 3.05) is 18.8 Å². The lowest BCUT2D eigenvalue weighted by molar-refractivity contribution is -0.120. The van der Waals surface area contributed by atoms with Crippen molar-refractivity contribution in [3.05, 3.63) is 24.3 Å². The number of nitrogens with one attached hydrogen (secondary N) is 1. The van der Waals surface area contributed by atoms with E-state index in [0.29, 0.717) is 41.5 Å². The number of sulfonamides is 1. The maximum Gasteiger partial charge on any atom is 0.243 e. The van der Waals surface area contributed by atoms with Gasteiger partial charge in [-0.25, -0.2) is 8.42 Å². The summed E-state index contributed by atoms with van der Waals surface area (Å²) in [7, 11) is -1.74. The van der Waals surface area contributed by atoms with Gasteiger partial charge in [0.25, 0.3) is 0 Å². The highest BCUT2D eigenvalue weighted by atomic mass is 32.2. The summed E-state index contributed by atoms with van der Waals surface area (Å²) in [6, 6.07) is 6.99. The second kappa shape index (κ2) is 11.0. The van der Waals surface area contributed by atoms with Gasteiger partial charge in [-0.1, -0.05) is 64.4 Å². The molecule has 0 spiro atoms. The van der Waals surface area contributed by atoms with E-state index in [1.54, 1.807) is 22.8 Å². The van der Waals surface area contributed by atoms with Crippen molar-refractivity contribution in [3.8, 4) is 11.4 Å². The SMILES string of the molecule is CCN(CC)S(=O)(=O)c1cccc(-c2nnc(SCC(=O)N[C@H]3CCC[C@H](C)[C@@H]3C)n2C)c1. The molecule has 182 valence electrons. The smallest absolute Gasteiger partial charge is 0.243 e. The Balaban J connectivity index is 1.69. The van der Waals surface area contributed by atoms with Crippen molar-refractivity contribution in [1.82, 2.24) is 24.4 Å². The highest BCUT2D eigenvalue weighted by Crippen LogP contribution is 2.30. The van der Waals surface area contributed by atoms with Crippen LogP contribution in [0.5, 0.6) is 0 Å². The highest BCUT2D eigenvalue weighted by molar-refractivity contribution is 7.99. The standard InChI is InChI=1S/C23H35N5O3S2/c1-6-28(7-2)33(30,31)19-12-9-11-18(14-19)22-25-26-23(27(22)5)32-15-21(29)24-20-13-8-10-16(3)17(20)4/h9,11-12,14,16-17,20H,6-8,10,13,15H2,1-5H3,(H,24,29)/t16-,17-,20-/m0/s1. The molecule has 1 aromatic carbocycles. The summed E-state index contributed by atoms with van der Waals surface area (Å²) in [5.74, 6) is 1.93. The van der Waals surface area contributed by atoms with Crippen molar-refractivity contribution < 1.29 is 13.2 Å². The van der Waals surface area contributed by atoms with E-state index in [4.69, 9.17) is 0 Å². The van der Waals surface area contributed by atoms with Gasteiger partial charge >= 0.3 is 0 Å². The summed E-state index contributed by atoms with van der Waals surface area (Å²) in [5.41, 5.74) is 0.666. The number of hydrogen-bond acceptors (Lipinski definition) is 6. The largest absolute Gasteiger partial charge is 0.352 e. The number of carbonyl (C=O) groups excluding carboxylic acids is 1. The Hall–Kier alpha value is -1.91. The van der Waals surface area contributed by atoms with Gasteiger partial charge in [-0.3, -0.25) is 4.79 Å². The lowest BCUT2D eigenvalue weighted by Gasteiger charge is -2.34. The number of benzene rings is 1. The Labute approximate surface area is 201 Å². The Morgan fingerprint density at radius 1 is 1.21 bits per heavy atom. The van der Waals surface area contributed by atoms with Crippen molar-refractivity contribution in [2.24, 2.45) is 18.9 Å². The fourth-order valence-corrected chi connectivity index (χ4v) is 6.59. The maximum absolute atomic E-state index is 12.9. The molecule has 0 saturated heterocycles. The first kappa shape index (κ1) is 25.7. The molecule has 10 heteroatoms. The van der Waals surface area contributed by atoms with Crippen LogP contribution in [0.2, 0.25) is 0 Å². The average Bonchev–Trinajstić information content (AvgIpc) is 3.16. The summed E-state index contributed by atoms with van der Waals surface area (Å²) >= 11 is 1.33. The van der Waals surface area contributed by atoms with Crippen LogP contribution in [0.4, 0.5) is 0 Å². The van der Waals surface area contributed by atoms with E-state index in [-0.39, 0.29) is 22.6 Å². The minimum absolute atomic E-state index is 0.00260. The minimum atomic E-state index is -3.56. The molecule has 1 amide bonds. The van der Waals surface area contributed by atoms with E-state index in [9.17, 15) is 13.2 Å². The summed E-state index contributed by atoms with van der Waals surface area (Å²) in [6.45, 7) is 8.93. The molecule has 8 nitrogen and oxygen atoms in total. The molecule has 1 heterocycles. The molecule has 0 aliphatic heterocycles. The van der Waals surface area contributed by atoms with Gasteiger partial charge in [-0.2, -0.15) is 4.31 Å². The van der Waals surface area contributed by atoms with Crippen molar-refractivity contribution in [3.63, 3.8) is 0 Å². The molecule has 0 radical (unpaired) electrons. The molecule has 1 aliphatic carbocycles. The van der Waals surface area contributed by atoms with Gasteiger partial charge in [0.1, 0.15) is 0 Å². The Morgan fingerprint density at radius 3 is 2.64 bits per heavy atom. The fraction of sp³-hybridized carbons (Fsp3) is 0.609. The first-order valence-corrected chi connectivity index (χ1v) is 14.0. The molecule has 1 N–H and O–H groups in total. The molecule has 3 atom stereocenters. The first-order valence-electron chi connectivity index (χ1n) is 11.6. The number of amides is 1. The van der Waals surface area contributed by atoms with E-state index in [1.807, 2.05) is 27.0 Å². The summed E-state index contributed by atoms with van der Waals surface area (Å²) < 4.78 is 29.0. The third-order valence-electron chi connectivity index (χ3n) is 6.66. The maximum atomic E-state index is 12.9. The highest BCUT2D eigenvalue weighted by Gasteiger charge is 2.28. The van der Waals surface area contributed by atoms with Crippen LogP contribution in [-0.2, 0) is 21.9 Å². The zero-order valence-electron chi connectivity index (χ0n) is 20.1. The van der Waals surface area contributed by atoms with Crippen molar-refractivity contribution in [2.45, 2.75) is 63.1 Å². The molecule has 3 rings (SSSR count). The molecule has 33 heavy (non-hydrogen) atoms. The molecular formula is C23H35N5O3S2. The number of nitrogens with zero attached hydrogens (tertiary/aromatic N) is 4. The van der Waals surface area contributed by atoms with E-state index in [1.165, 1.54) is 22.5 Å². The summed E-state index contributed by atoms with van der Waals surface area (Å²) in [5, 5.41) is 12.3. The summed E-state index contributed by atoms with van der Waals surface area (Å²) in [4.78, 5) is 12.8. The van der Waals surface area contributed by atoms with Crippen LogP contribution >= 0.6 is 11.8 Å². The first-order chi connectivity index (χ1) is 15.7. The molecule has 2 aromatic rings. The Morgan fingerprint density at radius 2 is 1.94 bits per heavy atom. The van der Waals surface area contributed by atoms with Crippen LogP contribution in [0, 0.1) is 11.8 Å². The second-order valence-electron chi connectivity index (χ2n) is 8.71. The normalized spacial score (nSPS) is 21.3. The number of thioether (sulfide) groups is 1. The van der Waals surface area contributed by atoms with Gasteiger partial charge in [0.15, 0.2) is 11.0 Å². The third kappa shape index (κ3) is 5.78. The van der Waals surface area contributed by atoms with Crippen LogP contribution in [0.15, 0.2) is 34.3 Å². The number of aromatic nitrogens is 3. The van der Waals surface area contributed by atoms with Gasteiger partial charge in [0.2, 0.25) is 15.9 Å². The zero-order chi connectivity index (χ0) is 24.2. The average molecular weight is 494 g/mol. The number of carbonyl (C=O) groups is 1. The molecule has 1 fully saturated rings. The zero-order valence-corrected chi connectivity index (χ0v) is 21.7. The monoisotopic (exact) mass is 493 g/mol. The van der Waals surface area contributed by atoms with E-state index < -0.39 is 10.0 Å². The molecule has 1 aromatic heterocycles. The topological polar surface area (TPSA) is 97.2 Å². The van der Waals surface area contributed by atoms with E-state index in [0.717, 1.165) is 12.8 Å². The molecule has 0 bridgehead atoms. The predicted molar refractivity (Wildman–Crippen MR) is 131 cm³/mol. The Kier molecular flexibility index (Phi) is 8.58. The van der Waals surface area contributed by atoms with Crippen LogP contribution in [-0.4, -0.2) is 58.3 Å². The van der Waals surface area contributed by atoms with Crippen LogP contribution in [0.1, 0.15) is 47.0 Å². The van der Waals surface area contributed by atoms with Gasteiger partial charge in [0, 0.05) is 31.7 Å². The lowest BCUT2D eigenvalue weighted by atomic mass is 9.78. The lowest BCUT2D eigenvalue weighted by Crippen LogP contribution is -2.44. The Bertz CT molecular complexity index is 1070. The van der Waals surface area contributed by atoms with Crippen LogP contribution < -0.4 is 5.32 Å². The molecule has 0 unspecified atom stereocenters. The quantitative estimate of drug-likeness (QED) is 0.537. The minimum Gasteiger partial charge on any atom is -0.352 e. The number of rotatable bonds is 9. The number of hydrogen-bond donors (Lipinski definition) is 1. The van der Waals surface area contributed by atoms with Gasteiger partial charge < -0.3 is 9.88 Å². The van der Waals surface area contributed by atoms with E-state index >= 15 is 0 Å². The van der Waals surface area contributed by atoms with Crippen LogP contribution in [0.3, 0.4) is 0 Å². The molecule has 1 aliphatic rings. The molecular weight excluding hydrogens is 458 g/mol. The van der Waals surface area contributed by atoms with Crippen molar-refractivity contribution >= 4 is 27.7 Å². The fourth-order valence-electron chi connectivity index (χ4n) is 4.36. The molecule has 1 saturated carbocycles. The van der Waals surface area contributed by atoms with Gasteiger partial charge in [0.05, 0.1) is 10.6 Å². The van der Waals surface area contributed by atoms with Crippen LogP contribution in [0.25, 0.3) is 11.4 Å². The predicted octanol–water partition coefficient (Wildman–Crippen LogP) is 3.55.